The van der Waals surface area contributed by atoms with E-state index in [4.69, 9.17) is 9.84 Å². The predicted octanol–water partition coefficient (Wildman–Crippen LogP) is 1.52. The van der Waals surface area contributed by atoms with Gasteiger partial charge < -0.3 is 9.84 Å². The highest BCUT2D eigenvalue weighted by Gasteiger charge is 2.07. The quantitative estimate of drug-likeness (QED) is 0.663. The van der Waals surface area contributed by atoms with Crippen LogP contribution in [-0.4, -0.2) is 23.8 Å². The second kappa shape index (κ2) is 5.13. The molecule has 0 spiro atoms. The molecule has 3 nitrogen and oxygen atoms in total. The maximum absolute atomic E-state index is 10.2. The van der Waals surface area contributed by atoms with E-state index < -0.39 is 5.97 Å². The Morgan fingerprint density at radius 3 is 2.36 bits per heavy atom. The van der Waals surface area contributed by atoms with Crippen LogP contribution in [0.3, 0.4) is 0 Å². The molecule has 66 valence electrons. The van der Waals surface area contributed by atoms with Crippen molar-refractivity contribution in [3.8, 4) is 0 Å². The number of hydrogen-bond acceptors (Lipinski definition) is 2. The summed E-state index contributed by atoms with van der Waals surface area (Å²) in [7, 11) is 0. The molecule has 1 atom stereocenters. The van der Waals surface area contributed by atoms with Crippen molar-refractivity contribution in [3.63, 3.8) is 0 Å². The Balaban J connectivity index is 3.37. The first-order valence-corrected chi connectivity index (χ1v) is 3.85. The van der Waals surface area contributed by atoms with Gasteiger partial charge in [-0.05, 0) is 12.8 Å². The van der Waals surface area contributed by atoms with E-state index in [2.05, 4.69) is 0 Å². The Morgan fingerprint density at radius 1 is 1.45 bits per heavy atom. The van der Waals surface area contributed by atoms with Gasteiger partial charge in [-0.2, -0.15) is 0 Å². The van der Waals surface area contributed by atoms with Crippen molar-refractivity contribution in [2.45, 2.75) is 33.3 Å². The summed E-state index contributed by atoms with van der Waals surface area (Å²) in [5, 5.41) is 8.37. The van der Waals surface area contributed by atoms with Crippen LogP contribution in [0.4, 0.5) is 0 Å². The third-order valence-electron chi connectivity index (χ3n) is 1.18. The smallest absolute Gasteiger partial charge is 0.305 e. The van der Waals surface area contributed by atoms with Crippen molar-refractivity contribution >= 4 is 5.97 Å². The average molecular weight is 160 g/mol. The molecule has 0 saturated heterocycles. The normalized spacial score (nSPS) is 13.5. The van der Waals surface area contributed by atoms with Crippen LogP contribution in [0.15, 0.2) is 0 Å². The molecule has 3 heteroatoms. The minimum absolute atomic E-state index is 0.0900. The number of aliphatic carboxylic acids is 1. The van der Waals surface area contributed by atoms with Crippen LogP contribution >= 0.6 is 0 Å². The zero-order valence-corrected chi connectivity index (χ0v) is 7.33. The molecule has 0 bridgehead atoms. The zero-order valence-electron chi connectivity index (χ0n) is 7.33. The number of carboxylic acid groups (broad SMARTS) is 1. The SMILES string of the molecule is CC(C)CO[C@H](C)CC(=O)O. The van der Waals surface area contributed by atoms with E-state index in [-0.39, 0.29) is 12.5 Å². The van der Waals surface area contributed by atoms with E-state index >= 15 is 0 Å². The molecule has 0 aliphatic rings. The molecular weight excluding hydrogens is 144 g/mol. The number of carboxylic acids is 1. The van der Waals surface area contributed by atoms with Crippen molar-refractivity contribution in [1.82, 2.24) is 0 Å². The van der Waals surface area contributed by atoms with Gasteiger partial charge in [-0.25, -0.2) is 0 Å². The van der Waals surface area contributed by atoms with Gasteiger partial charge in [0.25, 0.3) is 0 Å². The number of carbonyl (C=O) groups is 1. The summed E-state index contributed by atoms with van der Waals surface area (Å²) >= 11 is 0. The van der Waals surface area contributed by atoms with Crippen molar-refractivity contribution in [3.05, 3.63) is 0 Å². The van der Waals surface area contributed by atoms with Gasteiger partial charge in [0.1, 0.15) is 0 Å². The Bertz CT molecular complexity index is 121. The molecule has 0 aromatic carbocycles. The maximum atomic E-state index is 10.2. The monoisotopic (exact) mass is 160 g/mol. The standard InChI is InChI=1S/C8H16O3/c1-6(2)5-11-7(3)4-8(9)10/h6-7H,4-5H2,1-3H3,(H,9,10)/t7-/m1/s1. The third-order valence-corrected chi connectivity index (χ3v) is 1.18. The summed E-state index contributed by atoms with van der Waals surface area (Å²) < 4.78 is 5.23. The zero-order chi connectivity index (χ0) is 8.85. The average Bonchev–Trinajstić information content (AvgIpc) is 1.82. The minimum atomic E-state index is -0.804. The highest BCUT2D eigenvalue weighted by molar-refractivity contribution is 5.67. The van der Waals surface area contributed by atoms with Crippen LogP contribution in [0.25, 0.3) is 0 Å². The van der Waals surface area contributed by atoms with E-state index in [1.54, 1.807) is 6.92 Å². The molecule has 0 aromatic heterocycles. The molecule has 11 heavy (non-hydrogen) atoms. The van der Waals surface area contributed by atoms with Crippen LogP contribution in [0.5, 0.6) is 0 Å². The summed E-state index contributed by atoms with van der Waals surface area (Å²) in [5.74, 6) is -0.340. The molecule has 0 rings (SSSR count). The highest BCUT2D eigenvalue weighted by Crippen LogP contribution is 2.01. The molecule has 0 heterocycles. The first-order chi connectivity index (χ1) is 5.02. The van der Waals surface area contributed by atoms with Crippen LogP contribution in [0.1, 0.15) is 27.2 Å². The lowest BCUT2D eigenvalue weighted by atomic mass is 10.2. The molecule has 0 aliphatic carbocycles. The fraction of sp³-hybridized carbons (Fsp3) is 0.875. The molecule has 0 aromatic rings. The highest BCUT2D eigenvalue weighted by atomic mass is 16.5. The Morgan fingerprint density at radius 2 is 2.00 bits per heavy atom. The molecular formula is C8H16O3. The van der Waals surface area contributed by atoms with Gasteiger partial charge in [-0.15, -0.1) is 0 Å². The summed E-state index contributed by atoms with van der Waals surface area (Å²) in [5.41, 5.74) is 0. The van der Waals surface area contributed by atoms with E-state index in [0.29, 0.717) is 12.5 Å². The van der Waals surface area contributed by atoms with Gasteiger partial charge in [-0.1, -0.05) is 13.8 Å². The van der Waals surface area contributed by atoms with Crippen LogP contribution in [0, 0.1) is 5.92 Å². The van der Waals surface area contributed by atoms with Crippen molar-refractivity contribution in [2.24, 2.45) is 5.92 Å². The fourth-order valence-electron chi connectivity index (χ4n) is 0.662. The molecule has 1 N–H and O–H groups in total. The minimum Gasteiger partial charge on any atom is -0.481 e. The fourth-order valence-corrected chi connectivity index (χ4v) is 0.662. The number of ether oxygens (including phenoxy) is 1. The van der Waals surface area contributed by atoms with Gasteiger partial charge in [0, 0.05) is 6.61 Å². The van der Waals surface area contributed by atoms with Crippen LogP contribution < -0.4 is 0 Å². The molecule has 0 unspecified atom stereocenters. The Hall–Kier alpha value is -0.570. The summed E-state index contributed by atoms with van der Waals surface area (Å²) in [4.78, 5) is 10.2. The van der Waals surface area contributed by atoms with Gasteiger partial charge in [0.05, 0.1) is 12.5 Å². The molecule has 0 aliphatic heterocycles. The molecule has 0 amide bonds. The van der Waals surface area contributed by atoms with Gasteiger partial charge in [0.15, 0.2) is 0 Å². The van der Waals surface area contributed by atoms with Crippen molar-refractivity contribution < 1.29 is 14.6 Å². The number of rotatable bonds is 5. The van der Waals surface area contributed by atoms with Crippen molar-refractivity contribution in [1.29, 1.82) is 0 Å². The molecule has 0 saturated carbocycles. The van der Waals surface area contributed by atoms with Gasteiger partial charge in [0.2, 0.25) is 0 Å². The van der Waals surface area contributed by atoms with E-state index in [1.165, 1.54) is 0 Å². The van der Waals surface area contributed by atoms with Crippen LogP contribution in [-0.2, 0) is 9.53 Å². The molecule has 0 radical (unpaired) electrons. The Labute approximate surface area is 67.4 Å². The molecule has 0 fully saturated rings. The first kappa shape index (κ1) is 10.4. The van der Waals surface area contributed by atoms with E-state index in [1.807, 2.05) is 13.8 Å². The maximum Gasteiger partial charge on any atom is 0.305 e. The van der Waals surface area contributed by atoms with Gasteiger partial charge in [-0.3, -0.25) is 4.79 Å². The largest absolute Gasteiger partial charge is 0.481 e. The van der Waals surface area contributed by atoms with Crippen LogP contribution in [0.2, 0.25) is 0 Å². The lowest BCUT2D eigenvalue weighted by molar-refractivity contribution is -0.140. The summed E-state index contributed by atoms with van der Waals surface area (Å²) in [6, 6.07) is 0. The second-order valence-corrected chi connectivity index (χ2v) is 3.14. The van der Waals surface area contributed by atoms with Gasteiger partial charge >= 0.3 is 5.97 Å². The summed E-state index contributed by atoms with van der Waals surface area (Å²) in [6.07, 6.45) is -0.0814. The van der Waals surface area contributed by atoms with E-state index in [0.717, 1.165) is 0 Å². The summed E-state index contributed by atoms with van der Waals surface area (Å²) in [6.45, 7) is 6.48. The number of hydrogen-bond donors (Lipinski definition) is 1. The topological polar surface area (TPSA) is 46.5 Å². The lowest BCUT2D eigenvalue weighted by Gasteiger charge is -2.11. The predicted molar refractivity (Wildman–Crippen MR) is 42.5 cm³/mol. The van der Waals surface area contributed by atoms with Crippen molar-refractivity contribution in [2.75, 3.05) is 6.61 Å². The lowest BCUT2D eigenvalue weighted by Crippen LogP contribution is -2.16. The second-order valence-electron chi connectivity index (χ2n) is 3.14. The first-order valence-electron chi connectivity index (χ1n) is 3.85. The van der Waals surface area contributed by atoms with E-state index in [9.17, 15) is 4.79 Å². The Kier molecular flexibility index (Phi) is 4.86. The third kappa shape index (κ3) is 7.33.